The molecule has 0 aliphatic rings. The Hall–Kier alpha value is -7.51. The van der Waals surface area contributed by atoms with Crippen molar-refractivity contribution in [3.63, 3.8) is 0 Å². The molecule has 0 fully saturated rings. The van der Waals surface area contributed by atoms with Crippen molar-refractivity contribution in [1.82, 2.24) is 9.13 Å². The van der Waals surface area contributed by atoms with Gasteiger partial charge < -0.3 is 9.13 Å². The number of alkyl halides is 9. The normalized spacial score (nSPS) is 12.4. The Bertz CT molecular complexity index is 3310. The zero-order valence-electron chi connectivity index (χ0n) is 30.5. The summed E-state index contributed by atoms with van der Waals surface area (Å²) in [5.41, 5.74) is -0.381. The molecule has 294 valence electrons. The predicted octanol–water partition coefficient (Wildman–Crippen LogP) is 14.0. The van der Waals surface area contributed by atoms with Crippen LogP contribution in [0.2, 0.25) is 0 Å². The molecule has 0 aliphatic heterocycles. The van der Waals surface area contributed by atoms with Crippen LogP contribution >= 0.6 is 0 Å². The van der Waals surface area contributed by atoms with Crippen LogP contribution in [0.5, 0.6) is 0 Å². The smallest absolute Gasteiger partial charge is 0.309 e. The Labute approximate surface area is 333 Å². The minimum absolute atomic E-state index is 0.0519. The first-order chi connectivity index (χ1) is 28.6. The quantitative estimate of drug-likeness (QED) is 0.166. The average Bonchev–Trinajstić information content (AvgIpc) is 3.74. The number of halogens is 9. The van der Waals surface area contributed by atoms with E-state index in [4.69, 9.17) is 0 Å². The van der Waals surface area contributed by atoms with Gasteiger partial charge in [0.05, 0.1) is 73.4 Å². The molecule has 2 aromatic heterocycles. The van der Waals surface area contributed by atoms with Crippen molar-refractivity contribution in [3.8, 4) is 45.8 Å². The lowest BCUT2D eigenvalue weighted by Gasteiger charge is -2.21. The molecule has 0 N–H and O–H groups in total. The number of aromatic nitrogens is 2. The Morgan fingerprint density at radius 2 is 0.833 bits per heavy atom. The molecule has 2 heterocycles. The molecule has 0 unspecified atom stereocenters. The van der Waals surface area contributed by atoms with Gasteiger partial charge in [-0.1, -0.05) is 48.5 Å². The van der Waals surface area contributed by atoms with Crippen molar-refractivity contribution in [3.05, 3.63) is 167 Å². The van der Waals surface area contributed by atoms with E-state index in [2.05, 4.69) is 6.07 Å². The van der Waals surface area contributed by atoms with Gasteiger partial charge >= 0.3 is 18.5 Å². The number of fused-ring (bicyclic) bond motifs is 6. The van der Waals surface area contributed by atoms with Gasteiger partial charge in [0.25, 0.3) is 0 Å². The monoisotopic (exact) mass is 814 g/mol. The Morgan fingerprint density at radius 1 is 0.383 bits per heavy atom. The van der Waals surface area contributed by atoms with Crippen LogP contribution in [-0.4, -0.2) is 9.13 Å². The lowest BCUT2D eigenvalue weighted by Crippen LogP contribution is -2.08. The molecule has 60 heavy (non-hydrogen) atoms. The van der Waals surface area contributed by atoms with Gasteiger partial charge in [0.1, 0.15) is 0 Å². The molecular weight excluding hydrogens is 792 g/mol. The molecule has 0 radical (unpaired) electrons. The van der Waals surface area contributed by atoms with Gasteiger partial charge in [-0.05, 0) is 102 Å². The van der Waals surface area contributed by atoms with Gasteiger partial charge in [-0.25, -0.2) is 0 Å². The fourth-order valence-corrected chi connectivity index (χ4v) is 8.05. The highest BCUT2D eigenvalue weighted by molar-refractivity contribution is 6.12. The van der Waals surface area contributed by atoms with E-state index >= 15 is 0 Å². The zero-order valence-corrected chi connectivity index (χ0v) is 30.5. The second kappa shape index (κ2) is 13.5. The van der Waals surface area contributed by atoms with E-state index in [0.717, 1.165) is 30.3 Å². The third-order valence-electron chi connectivity index (χ3n) is 10.7. The Kier molecular flexibility index (Phi) is 8.58. The molecule has 0 saturated carbocycles. The number of para-hydroxylation sites is 2. The first-order valence-electron chi connectivity index (χ1n) is 18.1. The van der Waals surface area contributed by atoms with Gasteiger partial charge in [0, 0.05) is 32.7 Å². The number of nitrogens with zero attached hydrogens (tertiary/aromatic N) is 4. The molecule has 0 amide bonds. The van der Waals surface area contributed by atoms with Crippen molar-refractivity contribution in [2.45, 2.75) is 18.5 Å². The van der Waals surface area contributed by atoms with E-state index in [-0.39, 0.29) is 44.2 Å². The standard InChI is InChI=1S/C47H23F9N4/c48-45(49,50)29-12-17-43-36(22-29)32-5-1-3-7-39(32)59(43)41-15-10-26(24-57)19-34(41)35-21-28(31-14-9-27(25-58)20-38(31)47(54,55)56)11-16-42(35)60-40-8-4-2-6-33(40)37-23-30(46(51,52)53)13-18-44(37)60/h1-23H. The molecule has 7 aromatic carbocycles. The van der Waals surface area contributed by atoms with Gasteiger partial charge in [-0.3, -0.25) is 0 Å². The minimum Gasteiger partial charge on any atom is -0.309 e. The molecule has 13 heteroatoms. The lowest BCUT2D eigenvalue weighted by molar-refractivity contribution is -0.138. The van der Waals surface area contributed by atoms with Crippen molar-refractivity contribution < 1.29 is 39.5 Å². The molecule has 0 spiro atoms. The maximum atomic E-state index is 14.7. The lowest BCUT2D eigenvalue weighted by atomic mass is 9.92. The highest BCUT2D eigenvalue weighted by Crippen LogP contribution is 2.46. The highest BCUT2D eigenvalue weighted by atomic mass is 19.4. The number of nitriles is 2. The van der Waals surface area contributed by atoms with Crippen molar-refractivity contribution in [2.24, 2.45) is 0 Å². The van der Waals surface area contributed by atoms with Gasteiger partial charge in [-0.15, -0.1) is 0 Å². The highest BCUT2D eigenvalue weighted by Gasteiger charge is 2.35. The largest absolute Gasteiger partial charge is 0.417 e. The topological polar surface area (TPSA) is 57.4 Å². The van der Waals surface area contributed by atoms with Gasteiger partial charge in [0.2, 0.25) is 0 Å². The Balaban J connectivity index is 1.42. The Morgan fingerprint density at radius 3 is 1.33 bits per heavy atom. The summed E-state index contributed by atoms with van der Waals surface area (Å²) in [6.07, 6.45) is -14.2. The minimum atomic E-state index is -4.89. The third kappa shape index (κ3) is 6.18. The zero-order chi connectivity index (χ0) is 42.3. The van der Waals surface area contributed by atoms with Crippen molar-refractivity contribution >= 4 is 43.6 Å². The van der Waals surface area contributed by atoms with E-state index in [1.54, 1.807) is 69.8 Å². The van der Waals surface area contributed by atoms with E-state index in [1.807, 2.05) is 0 Å². The molecule has 0 atom stereocenters. The summed E-state index contributed by atoms with van der Waals surface area (Å²) in [5.74, 6) is 0. The summed E-state index contributed by atoms with van der Waals surface area (Å²) >= 11 is 0. The number of hydrogen-bond donors (Lipinski definition) is 0. The number of hydrogen-bond acceptors (Lipinski definition) is 2. The van der Waals surface area contributed by atoms with E-state index in [0.29, 0.717) is 44.2 Å². The molecular formula is C47H23F9N4. The van der Waals surface area contributed by atoms with Crippen LogP contribution in [0.15, 0.2) is 140 Å². The second-order valence-electron chi connectivity index (χ2n) is 14.1. The third-order valence-corrected chi connectivity index (χ3v) is 10.7. The fraction of sp³-hybridized carbons (Fsp3) is 0.0638. The molecule has 0 saturated heterocycles. The van der Waals surface area contributed by atoms with E-state index < -0.39 is 35.2 Å². The summed E-state index contributed by atoms with van der Waals surface area (Å²) in [6, 6.07) is 36.1. The number of rotatable bonds is 4. The van der Waals surface area contributed by atoms with Gasteiger partial charge in [0.15, 0.2) is 0 Å². The summed E-state index contributed by atoms with van der Waals surface area (Å²) in [5, 5.41) is 21.1. The van der Waals surface area contributed by atoms with Crippen LogP contribution in [0.25, 0.3) is 77.2 Å². The SMILES string of the molecule is N#Cc1ccc(-n2c3ccccc3c3cc(C(F)(F)F)ccc32)c(-c2cc(-c3ccc(C#N)cc3C(F)(F)F)ccc2-n2c3ccccc3c3cc(C(F)(F)F)ccc32)c1. The van der Waals surface area contributed by atoms with Crippen LogP contribution in [0, 0.1) is 22.7 Å². The summed E-state index contributed by atoms with van der Waals surface area (Å²) < 4.78 is 132. The van der Waals surface area contributed by atoms with E-state index in [9.17, 15) is 50.0 Å². The molecule has 0 bridgehead atoms. The summed E-state index contributed by atoms with van der Waals surface area (Å²) in [7, 11) is 0. The maximum absolute atomic E-state index is 14.7. The van der Waals surface area contributed by atoms with Crippen LogP contribution in [-0.2, 0) is 18.5 Å². The van der Waals surface area contributed by atoms with Crippen molar-refractivity contribution in [2.75, 3.05) is 0 Å². The summed E-state index contributed by atoms with van der Waals surface area (Å²) in [4.78, 5) is 0. The fourth-order valence-electron chi connectivity index (χ4n) is 8.05. The maximum Gasteiger partial charge on any atom is 0.417 e. The molecule has 4 nitrogen and oxygen atoms in total. The molecule has 9 aromatic rings. The predicted molar refractivity (Wildman–Crippen MR) is 210 cm³/mol. The molecule has 9 rings (SSSR count). The number of benzene rings is 7. The van der Waals surface area contributed by atoms with Crippen LogP contribution in [0.1, 0.15) is 27.8 Å². The van der Waals surface area contributed by atoms with Crippen LogP contribution in [0.4, 0.5) is 39.5 Å². The van der Waals surface area contributed by atoms with Gasteiger partial charge in [-0.2, -0.15) is 50.0 Å². The first-order valence-corrected chi connectivity index (χ1v) is 18.1. The van der Waals surface area contributed by atoms with Crippen LogP contribution < -0.4 is 0 Å². The second-order valence-corrected chi connectivity index (χ2v) is 14.1. The first kappa shape index (κ1) is 38.0. The average molecular weight is 815 g/mol. The van der Waals surface area contributed by atoms with Crippen molar-refractivity contribution in [1.29, 1.82) is 10.5 Å². The van der Waals surface area contributed by atoms with Crippen LogP contribution in [0.3, 0.4) is 0 Å². The summed E-state index contributed by atoms with van der Waals surface area (Å²) in [6.45, 7) is 0. The van der Waals surface area contributed by atoms with E-state index in [1.165, 1.54) is 54.6 Å². The molecule has 0 aliphatic carbocycles.